The van der Waals surface area contributed by atoms with Gasteiger partial charge in [-0.2, -0.15) is 0 Å². The fraction of sp³-hybridized carbons (Fsp3) is 0.615. The van der Waals surface area contributed by atoms with Crippen LogP contribution in [-0.4, -0.2) is 35.7 Å². The van der Waals surface area contributed by atoms with Gasteiger partial charge in [-0.15, -0.1) is 0 Å². The summed E-state index contributed by atoms with van der Waals surface area (Å²) in [6.07, 6.45) is 4.41. The van der Waals surface area contributed by atoms with E-state index in [-0.39, 0.29) is 0 Å². The highest BCUT2D eigenvalue weighted by molar-refractivity contribution is 6.30. The van der Waals surface area contributed by atoms with Crippen molar-refractivity contribution in [3.8, 4) is 0 Å². The van der Waals surface area contributed by atoms with Gasteiger partial charge in [0, 0.05) is 38.0 Å². The van der Waals surface area contributed by atoms with Crippen LogP contribution in [0, 0.1) is 0 Å². The highest BCUT2D eigenvalue weighted by Crippen LogP contribution is 2.19. The molecule has 0 aromatic carbocycles. The number of pyridine rings is 1. The van der Waals surface area contributed by atoms with Crippen molar-refractivity contribution >= 4 is 11.6 Å². The van der Waals surface area contributed by atoms with Crippen molar-refractivity contribution in [2.24, 2.45) is 0 Å². The van der Waals surface area contributed by atoms with E-state index in [1.54, 1.807) is 6.20 Å². The Hall–Kier alpha value is -0.640. The summed E-state index contributed by atoms with van der Waals surface area (Å²) in [4.78, 5) is 6.52. The molecular weight excluding hydrogens is 236 g/mol. The number of halogens is 1. The average molecular weight is 255 g/mol. The normalized spacial score (nSPS) is 18.5. The molecule has 1 aromatic heterocycles. The van der Waals surface area contributed by atoms with Crippen molar-refractivity contribution in [3.05, 3.63) is 29.0 Å². The molecule has 2 rings (SSSR count). The number of rotatable bonds is 4. The molecule has 2 heterocycles. The summed E-state index contributed by atoms with van der Waals surface area (Å²) < 4.78 is 5.64. The van der Waals surface area contributed by atoms with Gasteiger partial charge in [-0.25, -0.2) is 4.98 Å². The van der Waals surface area contributed by atoms with Crippen molar-refractivity contribution < 1.29 is 4.74 Å². The van der Waals surface area contributed by atoms with E-state index >= 15 is 0 Å². The van der Waals surface area contributed by atoms with Gasteiger partial charge in [0.25, 0.3) is 0 Å². The van der Waals surface area contributed by atoms with Crippen LogP contribution < -0.4 is 0 Å². The standard InChI is InChI=1S/C13H19ClN2O/c1-2-17-12-5-8-16(9-6-12)10-11-4-3-7-15-13(11)14/h3-4,7,12H,2,5-6,8-10H2,1H3. The minimum atomic E-state index is 0.445. The van der Waals surface area contributed by atoms with E-state index < -0.39 is 0 Å². The third kappa shape index (κ3) is 3.66. The molecule has 17 heavy (non-hydrogen) atoms. The van der Waals surface area contributed by atoms with Gasteiger partial charge in [-0.1, -0.05) is 17.7 Å². The summed E-state index contributed by atoms with van der Waals surface area (Å²) in [5.41, 5.74) is 1.11. The van der Waals surface area contributed by atoms with E-state index in [1.807, 2.05) is 12.1 Å². The second kappa shape index (κ2) is 6.34. The van der Waals surface area contributed by atoms with Crippen LogP contribution in [0.5, 0.6) is 0 Å². The molecule has 0 aliphatic carbocycles. The molecule has 4 heteroatoms. The fourth-order valence-electron chi connectivity index (χ4n) is 2.25. The molecular formula is C13H19ClN2O. The van der Waals surface area contributed by atoms with E-state index in [9.17, 15) is 0 Å². The molecule has 0 atom stereocenters. The summed E-state index contributed by atoms with van der Waals surface area (Å²) in [6, 6.07) is 3.98. The Morgan fingerprint density at radius 3 is 2.88 bits per heavy atom. The van der Waals surface area contributed by atoms with E-state index in [0.29, 0.717) is 11.3 Å². The lowest BCUT2D eigenvalue weighted by atomic mass is 10.1. The van der Waals surface area contributed by atoms with Crippen LogP contribution in [-0.2, 0) is 11.3 Å². The van der Waals surface area contributed by atoms with Crippen LogP contribution >= 0.6 is 11.6 Å². The highest BCUT2D eigenvalue weighted by Gasteiger charge is 2.19. The van der Waals surface area contributed by atoms with Crippen LogP contribution in [0.3, 0.4) is 0 Å². The summed E-state index contributed by atoms with van der Waals surface area (Å²) in [5, 5.41) is 0.624. The Morgan fingerprint density at radius 2 is 2.24 bits per heavy atom. The van der Waals surface area contributed by atoms with Gasteiger partial charge in [0.05, 0.1) is 6.10 Å². The van der Waals surface area contributed by atoms with Gasteiger partial charge >= 0.3 is 0 Å². The van der Waals surface area contributed by atoms with Gasteiger partial charge in [-0.05, 0) is 25.8 Å². The van der Waals surface area contributed by atoms with Crippen LogP contribution in [0.1, 0.15) is 25.3 Å². The van der Waals surface area contributed by atoms with Crippen molar-refractivity contribution in [1.82, 2.24) is 9.88 Å². The number of aromatic nitrogens is 1. The Bertz CT molecular complexity index is 351. The summed E-state index contributed by atoms with van der Waals surface area (Å²) in [7, 11) is 0. The maximum absolute atomic E-state index is 6.06. The largest absolute Gasteiger partial charge is 0.378 e. The second-order valence-corrected chi connectivity index (χ2v) is 4.74. The summed E-state index contributed by atoms with van der Waals surface area (Å²) in [6.45, 7) is 5.93. The molecule has 0 N–H and O–H groups in total. The number of ether oxygens (including phenoxy) is 1. The lowest BCUT2D eigenvalue weighted by Crippen LogP contribution is -2.36. The van der Waals surface area contributed by atoms with Gasteiger partial charge in [0.1, 0.15) is 5.15 Å². The fourth-order valence-corrected chi connectivity index (χ4v) is 2.43. The van der Waals surface area contributed by atoms with Crippen molar-refractivity contribution in [2.75, 3.05) is 19.7 Å². The van der Waals surface area contributed by atoms with E-state index in [4.69, 9.17) is 16.3 Å². The Kier molecular flexibility index (Phi) is 4.77. The van der Waals surface area contributed by atoms with Crippen LogP contribution in [0.2, 0.25) is 5.15 Å². The highest BCUT2D eigenvalue weighted by atomic mass is 35.5. The smallest absolute Gasteiger partial charge is 0.133 e. The minimum absolute atomic E-state index is 0.445. The molecule has 0 amide bonds. The molecule has 1 aliphatic rings. The lowest BCUT2D eigenvalue weighted by Gasteiger charge is -2.31. The van der Waals surface area contributed by atoms with E-state index in [2.05, 4.69) is 16.8 Å². The zero-order valence-electron chi connectivity index (χ0n) is 10.2. The predicted octanol–water partition coefficient (Wildman–Crippen LogP) is 2.74. The molecule has 0 bridgehead atoms. The zero-order valence-corrected chi connectivity index (χ0v) is 11.0. The van der Waals surface area contributed by atoms with E-state index in [1.165, 1.54) is 0 Å². The number of hydrogen-bond acceptors (Lipinski definition) is 3. The maximum Gasteiger partial charge on any atom is 0.133 e. The second-order valence-electron chi connectivity index (χ2n) is 4.38. The quantitative estimate of drug-likeness (QED) is 0.773. The first-order valence-corrected chi connectivity index (χ1v) is 6.60. The van der Waals surface area contributed by atoms with Gasteiger partial charge in [0.15, 0.2) is 0 Å². The number of likely N-dealkylation sites (tertiary alicyclic amines) is 1. The average Bonchev–Trinajstić information content (AvgIpc) is 2.35. The SMILES string of the molecule is CCOC1CCN(Cc2cccnc2Cl)CC1. The first-order valence-electron chi connectivity index (χ1n) is 6.23. The molecule has 1 saturated heterocycles. The number of nitrogens with zero attached hydrogens (tertiary/aromatic N) is 2. The molecule has 3 nitrogen and oxygen atoms in total. The third-order valence-electron chi connectivity index (χ3n) is 3.17. The topological polar surface area (TPSA) is 25.4 Å². The van der Waals surface area contributed by atoms with Gasteiger partial charge in [-0.3, -0.25) is 4.90 Å². The van der Waals surface area contributed by atoms with Crippen molar-refractivity contribution in [2.45, 2.75) is 32.4 Å². The molecule has 0 spiro atoms. The lowest BCUT2D eigenvalue weighted by molar-refractivity contribution is 0.0125. The Labute approximate surface area is 108 Å². The summed E-state index contributed by atoms with van der Waals surface area (Å²) >= 11 is 6.06. The maximum atomic E-state index is 6.06. The molecule has 0 radical (unpaired) electrons. The van der Waals surface area contributed by atoms with Crippen molar-refractivity contribution in [3.63, 3.8) is 0 Å². The molecule has 1 fully saturated rings. The molecule has 1 aromatic rings. The van der Waals surface area contributed by atoms with Crippen LogP contribution in [0.25, 0.3) is 0 Å². The van der Waals surface area contributed by atoms with Crippen LogP contribution in [0.4, 0.5) is 0 Å². The molecule has 94 valence electrons. The van der Waals surface area contributed by atoms with Gasteiger partial charge in [0.2, 0.25) is 0 Å². The monoisotopic (exact) mass is 254 g/mol. The van der Waals surface area contributed by atoms with Gasteiger partial charge < -0.3 is 4.74 Å². The molecule has 1 aliphatic heterocycles. The first-order chi connectivity index (χ1) is 8.29. The van der Waals surface area contributed by atoms with Crippen LogP contribution in [0.15, 0.2) is 18.3 Å². The predicted molar refractivity (Wildman–Crippen MR) is 69.2 cm³/mol. The molecule has 0 saturated carbocycles. The number of piperidine rings is 1. The Morgan fingerprint density at radius 1 is 1.47 bits per heavy atom. The molecule has 0 unspecified atom stereocenters. The Balaban J connectivity index is 1.84. The zero-order chi connectivity index (χ0) is 12.1. The third-order valence-corrected chi connectivity index (χ3v) is 3.51. The first kappa shape index (κ1) is 12.8. The number of hydrogen-bond donors (Lipinski definition) is 0. The minimum Gasteiger partial charge on any atom is -0.378 e. The summed E-state index contributed by atoms with van der Waals surface area (Å²) in [5.74, 6) is 0. The van der Waals surface area contributed by atoms with E-state index in [0.717, 1.165) is 44.6 Å². The van der Waals surface area contributed by atoms with Crippen molar-refractivity contribution in [1.29, 1.82) is 0 Å².